The van der Waals surface area contributed by atoms with Crippen molar-refractivity contribution < 1.29 is 9.53 Å². The number of hydrogen-bond acceptors (Lipinski definition) is 4. The largest absolute Gasteiger partial charge is 0.438 e. The Hall–Kier alpha value is -1.62. The van der Waals surface area contributed by atoms with Crippen LogP contribution < -0.4 is 4.74 Å². The maximum atomic E-state index is 11.3. The molecular formula is C9H9ClN2O3. The second-order valence-corrected chi connectivity index (χ2v) is 2.95. The number of ether oxygens (including phenoxy) is 1. The normalized spacial score (nSPS) is 9.40. The van der Waals surface area contributed by atoms with Gasteiger partial charge in [-0.2, -0.15) is 5.01 Å². The number of rotatable bonds is 4. The summed E-state index contributed by atoms with van der Waals surface area (Å²) in [7, 11) is 0. The summed E-state index contributed by atoms with van der Waals surface area (Å²) in [6.45, 7) is 0.0245. The van der Waals surface area contributed by atoms with Crippen molar-refractivity contribution in [1.82, 2.24) is 5.01 Å². The summed E-state index contributed by atoms with van der Waals surface area (Å²) >= 11 is 5.37. The monoisotopic (exact) mass is 228 g/mol. The zero-order valence-electron chi connectivity index (χ0n) is 7.80. The van der Waals surface area contributed by atoms with Gasteiger partial charge in [-0.05, 0) is 12.1 Å². The van der Waals surface area contributed by atoms with Crippen LogP contribution in [0.2, 0.25) is 0 Å². The van der Waals surface area contributed by atoms with Gasteiger partial charge >= 0.3 is 6.09 Å². The maximum Gasteiger partial charge on any atom is 0.438 e. The molecule has 0 spiro atoms. The molecule has 0 saturated carbocycles. The highest BCUT2D eigenvalue weighted by atomic mass is 35.5. The molecular weight excluding hydrogens is 220 g/mol. The van der Waals surface area contributed by atoms with Crippen LogP contribution in [0.25, 0.3) is 0 Å². The quantitative estimate of drug-likeness (QED) is 0.452. The van der Waals surface area contributed by atoms with Gasteiger partial charge in [-0.15, -0.1) is 16.5 Å². The molecule has 5 nitrogen and oxygen atoms in total. The topological polar surface area (TPSA) is 59.0 Å². The molecule has 0 atom stereocenters. The molecule has 0 fully saturated rings. The van der Waals surface area contributed by atoms with E-state index < -0.39 is 6.09 Å². The third kappa shape index (κ3) is 3.55. The molecule has 0 radical (unpaired) electrons. The Kier molecular flexibility index (Phi) is 4.56. The second-order valence-electron chi connectivity index (χ2n) is 2.57. The van der Waals surface area contributed by atoms with Gasteiger partial charge in [0.25, 0.3) is 0 Å². The minimum absolute atomic E-state index is 0.0245. The minimum atomic E-state index is -0.836. The summed E-state index contributed by atoms with van der Waals surface area (Å²) in [4.78, 5) is 21.5. The molecule has 1 amide bonds. The van der Waals surface area contributed by atoms with Crippen LogP contribution in [-0.4, -0.2) is 23.5 Å². The Labute approximate surface area is 91.5 Å². The van der Waals surface area contributed by atoms with Crippen LogP contribution in [0.3, 0.4) is 0 Å². The number of benzene rings is 1. The number of nitroso groups, excluding NO2 is 1. The SMILES string of the molecule is O=NN(CCCl)C(=O)Oc1ccccc1. The third-order valence-electron chi connectivity index (χ3n) is 1.55. The number of carbonyl (C=O) groups is 1. The Bertz CT molecular complexity index is 331. The number of alkyl halides is 1. The van der Waals surface area contributed by atoms with Gasteiger partial charge in [0, 0.05) is 5.88 Å². The van der Waals surface area contributed by atoms with E-state index in [2.05, 4.69) is 5.29 Å². The summed E-state index contributed by atoms with van der Waals surface area (Å²) < 4.78 is 4.85. The molecule has 15 heavy (non-hydrogen) atoms. The second kappa shape index (κ2) is 5.98. The van der Waals surface area contributed by atoms with Crippen molar-refractivity contribution in [3.63, 3.8) is 0 Å². The van der Waals surface area contributed by atoms with E-state index in [1.54, 1.807) is 30.3 Å². The van der Waals surface area contributed by atoms with E-state index in [4.69, 9.17) is 16.3 Å². The number of carbonyl (C=O) groups excluding carboxylic acids is 1. The van der Waals surface area contributed by atoms with Crippen LogP contribution in [0.1, 0.15) is 0 Å². The zero-order chi connectivity index (χ0) is 11.1. The Balaban J connectivity index is 2.58. The van der Waals surface area contributed by atoms with Crippen molar-refractivity contribution in [3.05, 3.63) is 35.2 Å². The molecule has 0 bridgehead atoms. The summed E-state index contributed by atoms with van der Waals surface area (Å²) in [5.74, 6) is 0.473. The first-order valence-electron chi connectivity index (χ1n) is 4.21. The molecule has 1 aromatic carbocycles. The lowest BCUT2D eigenvalue weighted by molar-refractivity contribution is 0.156. The molecule has 0 aliphatic heterocycles. The lowest BCUT2D eigenvalue weighted by Crippen LogP contribution is -2.30. The maximum absolute atomic E-state index is 11.3. The highest BCUT2D eigenvalue weighted by Gasteiger charge is 2.15. The number of nitrogens with zero attached hydrogens (tertiary/aromatic N) is 2. The van der Waals surface area contributed by atoms with Gasteiger partial charge in [-0.25, -0.2) is 4.79 Å². The van der Waals surface area contributed by atoms with Gasteiger partial charge in [0.05, 0.1) is 11.8 Å². The van der Waals surface area contributed by atoms with E-state index in [1.807, 2.05) is 0 Å². The van der Waals surface area contributed by atoms with E-state index in [-0.39, 0.29) is 12.4 Å². The van der Waals surface area contributed by atoms with Gasteiger partial charge in [0.15, 0.2) is 0 Å². The number of halogens is 1. The van der Waals surface area contributed by atoms with E-state index in [0.717, 1.165) is 0 Å². The first kappa shape index (κ1) is 11.5. The molecule has 0 aliphatic rings. The van der Waals surface area contributed by atoms with Crippen LogP contribution in [0, 0.1) is 4.91 Å². The van der Waals surface area contributed by atoms with E-state index in [9.17, 15) is 9.70 Å². The van der Waals surface area contributed by atoms with Crippen LogP contribution in [0.4, 0.5) is 4.79 Å². The lowest BCUT2D eigenvalue weighted by Gasteiger charge is -2.11. The van der Waals surface area contributed by atoms with Gasteiger partial charge < -0.3 is 4.74 Å². The standard InChI is InChI=1S/C9H9ClN2O3/c10-6-7-12(11-14)9(13)15-8-4-2-1-3-5-8/h1-5H,6-7H2. The van der Waals surface area contributed by atoms with Crippen LogP contribution in [-0.2, 0) is 0 Å². The molecule has 0 N–H and O–H groups in total. The number of hydrogen-bond donors (Lipinski definition) is 0. The fourth-order valence-electron chi connectivity index (χ4n) is 0.888. The van der Waals surface area contributed by atoms with Crippen molar-refractivity contribution in [2.45, 2.75) is 0 Å². The molecule has 0 saturated heterocycles. The predicted molar refractivity (Wildman–Crippen MR) is 55.7 cm³/mol. The fourth-order valence-corrected chi connectivity index (χ4v) is 1.05. The minimum Gasteiger partial charge on any atom is -0.409 e. The fraction of sp³-hybridized carbons (Fsp3) is 0.222. The molecule has 0 aromatic heterocycles. The van der Waals surface area contributed by atoms with Gasteiger partial charge in [0.1, 0.15) is 5.75 Å². The van der Waals surface area contributed by atoms with Crippen molar-refractivity contribution in [3.8, 4) is 5.75 Å². The van der Waals surface area contributed by atoms with Crippen molar-refractivity contribution >= 4 is 17.7 Å². The molecule has 1 rings (SSSR count). The number of amides is 1. The first-order chi connectivity index (χ1) is 7.27. The smallest absolute Gasteiger partial charge is 0.409 e. The predicted octanol–water partition coefficient (Wildman–Crippen LogP) is 2.41. The third-order valence-corrected chi connectivity index (χ3v) is 1.72. The average molecular weight is 229 g/mol. The number of para-hydroxylation sites is 1. The Morgan fingerprint density at radius 3 is 2.60 bits per heavy atom. The Morgan fingerprint density at radius 1 is 1.40 bits per heavy atom. The van der Waals surface area contributed by atoms with E-state index in [0.29, 0.717) is 10.8 Å². The highest BCUT2D eigenvalue weighted by molar-refractivity contribution is 6.18. The summed E-state index contributed by atoms with van der Waals surface area (Å²) in [6.07, 6.45) is -0.836. The van der Waals surface area contributed by atoms with Crippen LogP contribution in [0.5, 0.6) is 5.75 Å². The van der Waals surface area contributed by atoms with E-state index in [1.165, 1.54) is 0 Å². The van der Waals surface area contributed by atoms with Crippen molar-refractivity contribution in [2.75, 3.05) is 12.4 Å². The van der Waals surface area contributed by atoms with Crippen LogP contribution >= 0.6 is 11.6 Å². The van der Waals surface area contributed by atoms with Crippen molar-refractivity contribution in [2.24, 2.45) is 5.29 Å². The zero-order valence-corrected chi connectivity index (χ0v) is 8.55. The van der Waals surface area contributed by atoms with Gasteiger partial charge in [0.2, 0.25) is 0 Å². The highest BCUT2D eigenvalue weighted by Crippen LogP contribution is 2.10. The molecule has 6 heteroatoms. The summed E-state index contributed by atoms with van der Waals surface area (Å²) in [5, 5.41) is 3.12. The summed E-state index contributed by atoms with van der Waals surface area (Å²) in [5.41, 5.74) is 0. The molecule has 0 heterocycles. The molecule has 0 aliphatic carbocycles. The molecule has 0 unspecified atom stereocenters. The summed E-state index contributed by atoms with van der Waals surface area (Å²) in [6, 6.07) is 8.40. The molecule has 1 aromatic rings. The van der Waals surface area contributed by atoms with Crippen LogP contribution in [0.15, 0.2) is 35.6 Å². The van der Waals surface area contributed by atoms with E-state index >= 15 is 0 Å². The lowest BCUT2D eigenvalue weighted by atomic mass is 10.3. The van der Waals surface area contributed by atoms with Crippen molar-refractivity contribution in [1.29, 1.82) is 0 Å². The molecule has 80 valence electrons. The van der Waals surface area contributed by atoms with Gasteiger partial charge in [-0.1, -0.05) is 18.2 Å². The Morgan fingerprint density at radius 2 is 2.07 bits per heavy atom. The van der Waals surface area contributed by atoms with Gasteiger partial charge in [-0.3, -0.25) is 0 Å². The first-order valence-corrected chi connectivity index (χ1v) is 4.75. The average Bonchev–Trinajstić information content (AvgIpc) is 2.27.